The summed E-state index contributed by atoms with van der Waals surface area (Å²) in [5.41, 5.74) is 0.565. The molecule has 6 nitrogen and oxygen atoms in total. The Hall–Kier alpha value is -3.55. The number of rotatable bonds is 5. The average Bonchev–Trinajstić information content (AvgIpc) is 3.09. The molecule has 3 aromatic carbocycles. The number of nitrogens with zero attached hydrogens (tertiary/aromatic N) is 1. The molecule has 1 aliphatic rings. The summed E-state index contributed by atoms with van der Waals surface area (Å²) in [5.74, 6) is -2.30. The molecule has 1 aliphatic heterocycles. The van der Waals surface area contributed by atoms with E-state index < -0.39 is 29.3 Å². The van der Waals surface area contributed by atoms with Crippen LogP contribution in [-0.2, 0) is 9.59 Å². The highest BCUT2D eigenvalue weighted by Crippen LogP contribution is 2.45. The molecule has 1 saturated heterocycles. The van der Waals surface area contributed by atoms with E-state index >= 15 is 0 Å². The van der Waals surface area contributed by atoms with E-state index in [1.165, 1.54) is 55.5 Å². The summed E-state index contributed by atoms with van der Waals surface area (Å²) in [4.78, 5) is 27.7. The minimum atomic E-state index is -1.07. The summed E-state index contributed by atoms with van der Waals surface area (Å²) in [6.07, 6.45) is 0. The predicted molar refractivity (Wildman–Crippen MR) is 127 cm³/mol. The number of Topliss-reactive ketones (excluding diaryl/α,β-unsaturated/α-hetero) is 1. The zero-order valence-electron chi connectivity index (χ0n) is 18.0. The number of aliphatic hydroxyl groups is 1. The van der Waals surface area contributed by atoms with E-state index in [9.17, 15) is 19.1 Å². The van der Waals surface area contributed by atoms with Gasteiger partial charge in [0.25, 0.3) is 11.7 Å². The lowest BCUT2D eigenvalue weighted by Gasteiger charge is -2.26. The third kappa shape index (κ3) is 4.08. The Morgan fingerprint density at radius 3 is 2.35 bits per heavy atom. The Morgan fingerprint density at radius 1 is 1.00 bits per heavy atom. The van der Waals surface area contributed by atoms with Gasteiger partial charge in [-0.1, -0.05) is 41.4 Å². The van der Waals surface area contributed by atoms with Gasteiger partial charge >= 0.3 is 0 Å². The van der Waals surface area contributed by atoms with Crippen LogP contribution in [0.25, 0.3) is 5.76 Å². The molecule has 0 aliphatic carbocycles. The van der Waals surface area contributed by atoms with Crippen LogP contribution in [0.4, 0.5) is 10.1 Å². The van der Waals surface area contributed by atoms with Gasteiger partial charge in [-0.2, -0.15) is 0 Å². The minimum Gasteiger partial charge on any atom is -0.507 e. The number of halogens is 3. The molecule has 0 bridgehead atoms. The Balaban J connectivity index is 2.00. The van der Waals surface area contributed by atoms with E-state index in [1.54, 1.807) is 24.3 Å². The van der Waals surface area contributed by atoms with Crippen molar-refractivity contribution in [2.75, 3.05) is 19.1 Å². The summed E-state index contributed by atoms with van der Waals surface area (Å²) in [7, 11) is 2.82. The van der Waals surface area contributed by atoms with Crippen LogP contribution in [0, 0.1) is 5.82 Å². The zero-order valence-corrected chi connectivity index (χ0v) is 19.5. The van der Waals surface area contributed by atoms with E-state index in [2.05, 4.69) is 0 Å². The molecule has 1 fully saturated rings. The first-order valence-corrected chi connectivity index (χ1v) is 10.8. The Bertz CT molecular complexity index is 1320. The van der Waals surface area contributed by atoms with Crippen molar-refractivity contribution in [1.82, 2.24) is 0 Å². The molecular formula is C25H18Cl2FNO5. The fourth-order valence-electron chi connectivity index (χ4n) is 3.91. The number of ketones is 1. The van der Waals surface area contributed by atoms with Gasteiger partial charge in [-0.05, 0) is 42.0 Å². The third-order valence-electron chi connectivity index (χ3n) is 5.43. The first kappa shape index (κ1) is 23.6. The SMILES string of the molecule is COc1cccc(N2C(=O)C(=O)/C(=C(/O)c3cc(Cl)cc(Cl)c3OC)C2c2ccc(F)cc2)c1. The van der Waals surface area contributed by atoms with E-state index in [0.29, 0.717) is 17.0 Å². The van der Waals surface area contributed by atoms with Crippen molar-refractivity contribution in [1.29, 1.82) is 0 Å². The molecule has 1 heterocycles. The van der Waals surface area contributed by atoms with Crippen LogP contribution in [0.1, 0.15) is 17.2 Å². The number of methoxy groups -OCH3 is 2. The number of amides is 1. The van der Waals surface area contributed by atoms with Gasteiger partial charge in [0.15, 0.2) is 0 Å². The maximum atomic E-state index is 13.7. The van der Waals surface area contributed by atoms with Gasteiger partial charge in [-0.3, -0.25) is 14.5 Å². The van der Waals surface area contributed by atoms with Crippen LogP contribution in [0.5, 0.6) is 11.5 Å². The summed E-state index contributed by atoms with van der Waals surface area (Å²) in [6.45, 7) is 0. The number of anilines is 1. The predicted octanol–water partition coefficient (Wildman–Crippen LogP) is 5.78. The fourth-order valence-corrected chi connectivity index (χ4v) is 4.48. The highest BCUT2D eigenvalue weighted by Gasteiger charge is 2.47. The second kappa shape index (κ2) is 9.37. The normalized spacial score (nSPS) is 17.2. The van der Waals surface area contributed by atoms with Crippen molar-refractivity contribution in [2.45, 2.75) is 6.04 Å². The van der Waals surface area contributed by atoms with Gasteiger partial charge < -0.3 is 14.6 Å². The topological polar surface area (TPSA) is 76.1 Å². The van der Waals surface area contributed by atoms with E-state index in [-0.39, 0.29) is 26.9 Å². The van der Waals surface area contributed by atoms with Gasteiger partial charge in [0.05, 0.1) is 36.4 Å². The standard InChI is InChI=1S/C25H18Cl2FNO5/c1-33-17-5-3-4-16(12-17)29-21(13-6-8-15(28)9-7-13)20(23(31)25(29)32)22(30)18-10-14(26)11-19(27)24(18)34-2/h3-12,21,30H,1-2H3/b22-20+. The number of hydrogen-bond donors (Lipinski definition) is 1. The van der Waals surface area contributed by atoms with Gasteiger partial charge in [-0.15, -0.1) is 0 Å². The second-order valence-electron chi connectivity index (χ2n) is 7.39. The highest BCUT2D eigenvalue weighted by molar-refractivity contribution is 6.52. The first-order chi connectivity index (χ1) is 16.3. The van der Waals surface area contributed by atoms with Crippen LogP contribution in [0.2, 0.25) is 10.0 Å². The number of hydrogen-bond acceptors (Lipinski definition) is 5. The van der Waals surface area contributed by atoms with Crippen molar-refractivity contribution in [2.24, 2.45) is 0 Å². The second-order valence-corrected chi connectivity index (χ2v) is 8.23. The highest BCUT2D eigenvalue weighted by atomic mass is 35.5. The number of benzene rings is 3. The van der Waals surface area contributed by atoms with Crippen molar-refractivity contribution in [3.8, 4) is 11.5 Å². The van der Waals surface area contributed by atoms with Crippen LogP contribution in [0.3, 0.4) is 0 Å². The monoisotopic (exact) mass is 501 g/mol. The number of carbonyl (C=O) groups excluding carboxylic acids is 2. The maximum absolute atomic E-state index is 13.7. The van der Waals surface area contributed by atoms with E-state index in [1.807, 2.05) is 0 Å². The summed E-state index contributed by atoms with van der Waals surface area (Å²) in [6, 6.07) is 13.6. The number of ether oxygens (including phenoxy) is 2. The Labute approximate surface area is 204 Å². The van der Waals surface area contributed by atoms with Crippen molar-refractivity contribution >= 4 is 46.3 Å². The Kier molecular flexibility index (Phi) is 6.50. The Morgan fingerprint density at radius 2 is 1.71 bits per heavy atom. The molecular weight excluding hydrogens is 484 g/mol. The average molecular weight is 502 g/mol. The third-order valence-corrected chi connectivity index (χ3v) is 5.93. The molecule has 174 valence electrons. The zero-order chi connectivity index (χ0) is 24.6. The van der Waals surface area contributed by atoms with Crippen LogP contribution < -0.4 is 14.4 Å². The van der Waals surface area contributed by atoms with E-state index in [0.717, 1.165) is 0 Å². The lowest BCUT2D eigenvalue weighted by molar-refractivity contribution is -0.132. The minimum absolute atomic E-state index is 0.0377. The van der Waals surface area contributed by atoms with Gasteiger partial charge in [0.1, 0.15) is 23.1 Å². The number of carbonyl (C=O) groups is 2. The van der Waals surface area contributed by atoms with Gasteiger partial charge in [0.2, 0.25) is 0 Å². The molecule has 1 atom stereocenters. The van der Waals surface area contributed by atoms with Crippen molar-refractivity contribution < 1.29 is 28.6 Å². The lowest BCUT2D eigenvalue weighted by Crippen LogP contribution is -2.29. The molecule has 4 rings (SSSR count). The van der Waals surface area contributed by atoms with Crippen LogP contribution in [-0.4, -0.2) is 31.0 Å². The molecule has 1 N–H and O–H groups in total. The molecule has 0 spiro atoms. The summed E-state index contributed by atoms with van der Waals surface area (Å²) >= 11 is 12.4. The summed E-state index contributed by atoms with van der Waals surface area (Å²) in [5, 5.41) is 11.6. The smallest absolute Gasteiger partial charge is 0.300 e. The first-order valence-electron chi connectivity index (χ1n) is 10.0. The van der Waals surface area contributed by atoms with Crippen LogP contribution in [0.15, 0.2) is 66.2 Å². The molecule has 0 saturated carbocycles. The molecule has 34 heavy (non-hydrogen) atoms. The van der Waals surface area contributed by atoms with Gasteiger partial charge in [0, 0.05) is 16.8 Å². The quantitative estimate of drug-likeness (QED) is 0.272. The van der Waals surface area contributed by atoms with E-state index in [4.69, 9.17) is 32.7 Å². The fraction of sp³-hybridized carbons (Fsp3) is 0.120. The molecule has 3 aromatic rings. The maximum Gasteiger partial charge on any atom is 0.300 e. The molecule has 1 amide bonds. The largest absolute Gasteiger partial charge is 0.507 e. The molecule has 9 heteroatoms. The summed E-state index contributed by atoms with van der Waals surface area (Å²) < 4.78 is 24.2. The van der Waals surface area contributed by atoms with Crippen molar-refractivity contribution in [3.63, 3.8) is 0 Å². The molecule has 0 radical (unpaired) electrons. The molecule has 0 aromatic heterocycles. The van der Waals surface area contributed by atoms with Gasteiger partial charge in [-0.25, -0.2) is 4.39 Å². The number of aliphatic hydroxyl groups excluding tert-OH is 1. The lowest BCUT2D eigenvalue weighted by atomic mass is 9.94. The molecule has 1 unspecified atom stereocenters. The van der Waals surface area contributed by atoms with Crippen LogP contribution >= 0.6 is 23.2 Å². The van der Waals surface area contributed by atoms with Crippen molar-refractivity contribution in [3.05, 3.63) is 93.2 Å².